The van der Waals surface area contributed by atoms with Crippen LogP contribution in [0.3, 0.4) is 0 Å². The molecule has 2 aromatic rings. The number of urea groups is 1. The van der Waals surface area contributed by atoms with Gasteiger partial charge >= 0.3 is 6.03 Å². The van der Waals surface area contributed by atoms with Crippen LogP contribution in [0.25, 0.3) is 0 Å². The predicted molar refractivity (Wildman–Crippen MR) is 98.8 cm³/mol. The zero-order chi connectivity index (χ0) is 18.6. The van der Waals surface area contributed by atoms with Crippen LogP contribution in [-0.4, -0.2) is 26.4 Å². The molecule has 138 valence electrons. The van der Waals surface area contributed by atoms with E-state index < -0.39 is 5.54 Å². The van der Waals surface area contributed by atoms with Gasteiger partial charge in [-0.2, -0.15) is 0 Å². The van der Waals surface area contributed by atoms with Gasteiger partial charge in [0.15, 0.2) is 11.5 Å². The number of carbonyl (C=O) groups is 1. The second-order valence-corrected chi connectivity index (χ2v) is 6.60. The maximum atomic E-state index is 12.4. The minimum absolute atomic E-state index is 0.254. The van der Waals surface area contributed by atoms with Gasteiger partial charge in [-0.15, -0.1) is 0 Å². The van der Waals surface area contributed by atoms with Crippen LogP contribution in [0.5, 0.6) is 17.2 Å². The standard InChI is InChI=1S/C20H24N2O4/c1-20(2,15-8-9-17-18(12-15)26-11-10-25-17)22-19(23)21-13-14-6-4-5-7-16(14)24-3/h4-9,12H,10-11,13H2,1-3H3,(H2,21,22,23). The van der Waals surface area contributed by atoms with E-state index in [1.165, 1.54) is 0 Å². The molecule has 0 fully saturated rings. The van der Waals surface area contributed by atoms with Crippen molar-refractivity contribution in [3.63, 3.8) is 0 Å². The van der Waals surface area contributed by atoms with Crippen molar-refractivity contribution in [3.8, 4) is 17.2 Å². The topological polar surface area (TPSA) is 68.8 Å². The number of fused-ring (bicyclic) bond motifs is 1. The summed E-state index contributed by atoms with van der Waals surface area (Å²) in [5.41, 5.74) is 1.29. The van der Waals surface area contributed by atoms with Crippen LogP contribution in [0.2, 0.25) is 0 Å². The normalized spacial score (nSPS) is 13.0. The number of hydrogen-bond donors (Lipinski definition) is 2. The summed E-state index contributed by atoms with van der Waals surface area (Å²) in [6.45, 7) is 5.36. The molecular weight excluding hydrogens is 332 g/mol. The lowest BCUT2D eigenvalue weighted by Gasteiger charge is -2.28. The van der Waals surface area contributed by atoms with Crippen molar-refractivity contribution in [2.24, 2.45) is 0 Å². The fourth-order valence-corrected chi connectivity index (χ4v) is 2.86. The lowest BCUT2D eigenvalue weighted by Crippen LogP contribution is -2.46. The molecule has 6 nitrogen and oxygen atoms in total. The van der Waals surface area contributed by atoms with Gasteiger partial charge in [0.05, 0.1) is 12.6 Å². The minimum atomic E-state index is -0.569. The van der Waals surface area contributed by atoms with Gasteiger partial charge < -0.3 is 24.8 Å². The molecule has 0 bridgehead atoms. The van der Waals surface area contributed by atoms with E-state index in [1.807, 2.05) is 56.3 Å². The Labute approximate surface area is 153 Å². The van der Waals surface area contributed by atoms with Gasteiger partial charge in [0.25, 0.3) is 0 Å². The third-order valence-corrected chi connectivity index (χ3v) is 4.32. The lowest BCUT2D eigenvalue weighted by molar-refractivity contribution is 0.171. The number of benzene rings is 2. The molecular formula is C20H24N2O4. The zero-order valence-electron chi connectivity index (χ0n) is 15.3. The lowest BCUT2D eigenvalue weighted by atomic mass is 9.94. The Bertz CT molecular complexity index is 789. The van der Waals surface area contributed by atoms with Crippen molar-refractivity contribution in [1.29, 1.82) is 0 Å². The molecule has 2 aromatic carbocycles. The highest BCUT2D eigenvalue weighted by Gasteiger charge is 2.25. The van der Waals surface area contributed by atoms with Gasteiger partial charge in [0.1, 0.15) is 19.0 Å². The first kappa shape index (κ1) is 17.9. The first-order valence-electron chi connectivity index (χ1n) is 8.57. The first-order valence-corrected chi connectivity index (χ1v) is 8.57. The van der Waals surface area contributed by atoms with Gasteiger partial charge in [-0.1, -0.05) is 24.3 Å². The Hall–Kier alpha value is -2.89. The van der Waals surface area contributed by atoms with Crippen molar-refractivity contribution in [2.75, 3.05) is 20.3 Å². The van der Waals surface area contributed by atoms with Crippen LogP contribution < -0.4 is 24.8 Å². The smallest absolute Gasteiger partial charge is 0.315 e. The highest BCUT2D eigenvalue weighted by molar-refractivity contribution is 5.75. The Morgan fingerprint density at radius 1 is 1.12 bits per heavy atom. The van der Waals surface area contributed by atoms with E-state index in [-0.39, 0.29) is 6.03 Å². The minimum Gasteiger partial charge on any atom is -0.496 e. The first-order chi connectivity index (χ1) is 12.5. The van der Waals surface area contributed by atoms with Gasteiger partial charge in [-0.3, -0.25) is 0 Å². The number of rotatable bonds is 5. The molecule has 0 atom stereocenters. The Kier molecular flexibility index (Phi) is 5.21. The van der Waals surface area contributed by atoms with Crippen molar-refractivity contribution in [1.82, 2.24) is 10.6 Å². The molecule has 1 aliphatic heterocycles. The van der Waals surface area contributed by atoms with Crippen LogP contribution in [0.15, 0.2) is 42.5 Å². The molecule has 2 N–H and O–H groups in total. The number of para-hydroxylation sites is 1. The third kappa shape index (κ3) is 4.02. The van der Waals surface area contributed by atoms with Gasteiger partial charge in [0.2, 0.25) is 0 Å². The molecule has 0 aliphatic carbocycles. The number of nitrogens with one attached hydrogen (secondary N) is 2. The molecule has 0 unspecified atom stereocenters. The van der Waals surface area contributed by atoms with Crippen LogP contribution in [-0.2, 0) is 12.1 Å². The average molecular weight is 356 g/mol. The van der Waals surface area contributed by atoms with Gasteiger partial charge in [0, 0.05) is 12.1 Å². The van der Waals surface area contributed by atoms with Crippen molar-refractivity contribution < 1.29 is 19.0 Å². The van der Waals surface area contributed by atoms with E-state index in [1.54, 1.807) is 7.11 Å². The SMILES string of the molecule is COc1ccccc1CNC(=O)NC(C)(C)c1ccc2c(c1)OCCO2. The molecule has 0 saturated heterocycles. The molecule has 0 aromatic heterocycles. The van der Waals surface area contributed by atoms with Crippen LogP contribution in [0, 0.1) is 0 Å². The Balaban J connectivity index is 1.64. The van der Waals surface area contributed by atoms with Crippen LogP contribution in [0.1, 0.15) is 25.0 Å². The van der Waals surface area contributed by atoms with E-state index >= 15 is 0 Å². The highest BCUT2D eigenvalue weighted by Crippen LogP contribution is 2.34. The summed E-state index contributed by atoms with van der Waals surface area (Å²) in [6, 6.07) is 13.1. The summed E-state index contributed by atoms with van der Waals surface area (Å²) >= 11 is 0. The molecule has 0 saturated carbocycles. The maximum absolute atomic E-state index is 12.4. The summed E-state index contributed by atoms with van der Waals surface area (Å²) in [5, 5.41) is 5.88. The molecule has 2 amide bonds. The Morgan fingerprint density at radius 2 is 1.85 bits per heavy atom. The Morgan fingerprint density at radius 3 is 2.62 bits per heavy atom. The van der Waals surface area contributed by atoms with Crippen LogP contribution >= 0.6 is 0 Å². The number of methoxy groups -OCH3 is 1. The second-order valence-electron chi connectivity index (χ2n) is 6.60. The molecule has 1 aliphatic rings. The number of amides is 2. The summed E-state index contributed by atoms with van der Waals surface area (Å²) in [7, 11) is 1.61. The zero-order valence-corrected chi connectivity index (χ0v) is 15.3. The van der Waals surface area contributed by atoms with E-state index in [2.05, 4.69) is 10.6 Å². The molecule has 3 rings (SSSR count). The fourth-order valence-electron chi connectivity index (χ4n) is 2.86. The summed E-state index contributed by atoms with van der Waals surface area (Å²) in [5.74, 6) is 2.19. The molecule has 6 heteroatoms. The molecule has 1 heterocycles. The number of ether oxygens (including phenoxy) is 3. The second kappa shape index (κ2) is 7.56. The van der Waals surface area contributed by atoms with E-state index in [0.29, 0.717) is 25.5 Å². The predicted octanol–water partition coefficient (Wildman–Crippen LogP) is 3.20. The van der Waals surface area contributed by atoms with E-state index in [0.717, 1.165) is 22.6 Å². The van der Waals surface area contributed by atoms with Crippen molar-refractivity contribution >= 4 is 6.03 Å². The van der Waals surface area contributed by atoms with E-state index in [4.69, 9.17) is 14.2 Å². The monoisotopic (exact) mass is 356 g/mol. The van der Waals surface area contributed by atoms with Crippen molar-refractivity contribution in [3.05, 3.63) is 53.6 Å². The summed E-state index contributed by atoms with van der Waals surface area (Å²) in [6.07, 6.45) is 0. The maximum Gasteiger partial charge on any atom is 0.315 e. The van der Waals surface area contributed by atoms with Crippen LogP contribution in [0.4, 0.5) is 4.79 Å². The van der Waals surface area contributed by atoms with Crippen molar-refractivity contribution in [2.45, 2.75) is 25.9 Å². The van der Waals surface area contributed by atoms with E-state index in [9.17, 15) is 4.79 Å². The largest absolute Gasteiger partial charge is 0.496 e. The molecule has 0 radical (unpaired) electrons. The quantitative estimate of drug-likeness (QED) is 0.863. The number of hydrogen-bond acceptors (Lipinski definition) is 4. The highest BCUT2D eigenvalue weighted by atomic mass is 16.6. The fraction of sp³-hybridized carbons (Fsp3) is 0.350. The molecule has 26 heavy (non-hydrogen) atoms. The summed E-state index contributed by atoms with van der Waals surface area (Å²) < 4.78 is 16.5. The molecule has 0 spiro atoms. The number of carbonyl (C=O) groups excluding carboxylic acids is 1. The van der Waals surface area contributed by atoms with Gasteiger partial charge in [-0.25, -0.2) is 4.79 Å². The van der Waals surface area contributed by atoms with Gasteiger partial charge in [-0.05, 0) is 37.6 Å². The summed E-state index contributed by atoms with van der Waals surface area (Å²) in [4.78, 5) is 12.4. The average Bonchev–Trinajstić information content (AvgIpc) is 2.65. The third-order valence-electron chi connectivity index (χ3n) is 4.32.